The van der Waals surface area contributed by atoms with E-state index in [1.165, 1.54) is 7.11 Å². The Morgan fingerprint density at radius 2 is 1.74 bits per heavy atom. The number of morpholine rings is 1. The molecule has 2 unspecified atom stereocenters. The van der Waals surface area contributed by atoms with Crippen LogP contribution in [0.2, 0.25) is 0 Å². The lowest BCUT2D eigenvalue weighted by molar-refractivity contribution is -0.174. The first kappa shape index (κ1) is 19.4. The number of hydrogen-bond donors (Lipinski definition) is 0. The van der Waals surface area contributed by atoms with E-state index in [9.17, 15) is 4.79 Å². The van der Waals surface area contributed by atoms with E-state index < -0.39 is 11.7 Å². The topological polar surface area (TPSA) is 48.0 Å². The number of carbonyl (C=O) groups excluding carboxylic acids is 1. The summed E-state index contributed by atoms with van der Waals surface area (Å²) < 4.78 is 17.0. The van der Waals surface area contributed by atoms with E-state index in [1.54, 1.807) is 0 Å². The third kappa shape index (κ3) is 4.67. The summed E-state index contributed by atoms with van der Waals surface area (Å²) in [6, 6.07) is 20.1. The van der Waals surface area contributed by atoms with Crippen LogP contribution in [-0.4, -0.2) is 44.0 Å². The number of methoxy groups -OCH3 is 1. The van der Waals surface area contributed by atoms with Crippen LogP contribution in [0.15, 0.2) is 60.7 Å². The van der Waals surface area contributed by atoms with E-state index in [1.807, 2.05) is 74.5 Å². The molecule has 1 heterocycles. The van der Waals surface area contributed by atoms with Crippen LogP contribution in [-0.2, 0) is 25.6 Å². The van der Waals surface area contributed by atoms with Crippen molar-refractivity contribution in [3.8, 4) is 0 Å². The Labute approximate surface area is 160 Å². The van der Waals surface area contributed by atoms with Gasteiger partial charge in [-0.25, -0.2) is 4.79 Å². The normalized spacial score (nSPS) is 21.7. The lowest BCUT2D eigenvalue weighted by atomic mass is 9.93. The van der Waals surface area contributed by atoms with Gasteiger partial charge in [0.05, 0.1) is 38.5 Å². The summed E-state index contributed by atoms with van der Waals surface area (Å²) in [5.74, 6) is -0.354. The van der Waals surface area contributed by atoms with Crippen molar-refractivity contribution in [2.24, 2.45) is 0 Å². The van der Waals surface area contributed by atoms with Crippen LogP contribution >= 0.6 is 0 Å². The molecule has 1 fully saturated rings. The molecule has 2 aromatic carbocycles. The average Bonchev–Trinajstić information content (AvgIpc) is 2.69. The fourth-order valence-electron chi connectivity index (χ4n) is 3.48. The molecule has 0 N–H and O–H groups in total. The molecular formula is C22H27NO4. The number of anilines is 1. The van der Waals surface area contributed by atoms with Crippen LogP contribution in [0.4, 0.5) is 5.69 Å². The summed E-state index contributed by atoms with van der Waals surface area (Å²) in [4.78, 5) is 14.3. The minimum Gasteiger partial charge on any atom is -0.467 e. The number of rotatable bonds is 6. The Morgan fingerprint density at radius 1 is 1.11 bits per heavy atom. The Hall–Kier alpha value is -2.37. The molecule has 0 aliphatic carbocycles. The van der Waals surface area contributed by atoms with E-state index in [0.29, 0.717) is 19.8 Å². The molecule has 0 radical (unpaired) electrons. The number of para-hydroxylation sites is 1. The van der Waals surface area contributed by atoms with Crippen LogP contribution < -0.4 is 4.90 Å². The van der Waals surface area contributed by atoms with Crippen molar-refractivity contribution >= 4 is 11.7 Å². The first-order chi connectivity index (χ1) is 13.0. The third-order valence-corrected chi connectivity index (χ3v) is 4.93. The van der Waals surface area contributed by atoms with Crippen LogP contribution in [0.3, 0.4) is 0 Å². The number of carbonyl (C=O) groups is 1. The van der Waals surface area contributed by atoms with Crippen molar-refractivity contribution < 1.29 is 19.0 Å². The molecule has 1 saturated heterocycles. The summed E-state index contributed by atoms with van der Waals surface area (Å²) in [7, 11) is 1.39. The highest BCUT2D eigenvalue weighted by Gasteiger charge is 2.45. The molecule has 0 aromatic heterocycles. The van der Waals surface area contributed by atoms with Crippen molar-refractivity contribution in [3.63, 3.8) is 0 Å². The summed E-state index contributed by atoms with van der Waals surface area (Å²) in [5.41, 5.74) is 1.59. The van der Waals surface area contributed by atoms with Gasteiger partial charge >= 0.3 is 5.97 Å². The van der Waals surface area contributed by atoms with Gasteiger partial charge in [-0.1, -0.05) is 48.5 Å². The van der Waals surface area contributed by atoms with Gasteiger partial charge in [-0.2, -0.15) is 0 Å². The molecular weight excluding hydrogens is 342 g/mol. The molecule has 1 aliphatic heterocycles. The van der Waals surface area contributed by atoms with Crippen molar-refractivity contribution in [2.75, 3.05) is 25.2 Å². The summed E-state index contributed by atoms with van der Waals surface area (Å²) >= 11 is 0. The molecule has 0 saturated carbocycles. The van der Waals surface area contributed by atoms with E-state index in [0.717, 1.165) is 11.3 Å². The van der Waals surface area contributed by atoms with Crippen LogP contribution in [0.25, 0.3) is 0 Å². The number of nitrogens with zero attached hydrogens (tertiary/aromatic N) is 1. The predicted octanol–water partition coefficient (Wildman–Crippen LogP) is 3.43. The highest BCUT2D eigenvalue weighted by atomic mass is 16.6. The van der Waals surface area contributed by atoms with Gasteiger partial charge in [0.25, 0.3) is 0 Å². The molecule has 144 valence electrons. The fraction of sp³-hybridized carbons (Fsp3) is 0.409. The maximum atomic E-state index is 12.1. The van der Waals surface area contributed by atoms with Gasteiger partial charge in [-0.15, -0.1) is 0 Å². The molecule has 2 aromatic rings. The zero-order valence-electron chi connectivity index (χ0n) is 16.1. The number of benzene rings is 2. The maximum absolute atomic E-state index is 12.1. The monoisotopic (exact) mass is 369 g/mol. The van der Waals surface area contributed by atoms with Gasteiger partial charge in [0, 0.05) is 5.69 Å². The smallest absolute Gasteiger partial charge is 0.336 e. The summed E-state index contributed by atoms with van der Waals surface area (Å²) in [6.45, 7) is 5.45. The van der Waals surface area contributed by atoms with E-state index in [2.05, 4.69) is 4.90 Å². The zero-order chi connectivity index (χ0) is 19.3. The second-order valence-corrected chi connectivity index (χ2v) is 7.24. The predicted molar refractivity (Wildman–Crippen MR) is 105 cm³/mol. The maximum Gasteiger partial charge on any atom is 0.336 e. The summed E-state index contributed by atoms with van der Waals surface area (Å²) in [5, 5.41) is 0. The minimum atomic E-state index is -0.629. The van der Waals surface area contributed by atoms with E-state index >= 15 is 0 Å². The van der Waals surface area contributed by atoms with Gasteiger partial charge in [0.2, 0.25) is 0 Å². The molecule has 5 nitrogen and oxygen atoms in total. The summed E-state index contributed by atoms with van der Waals surface area (Å²) in [6.07, 6.45) is -0.629. The molecule has 1 aliphatic rings. The van der Waals surface area contributed by atoms with Gasteiger partial charge in [0.1, 0.15) is 0 Å². The average molecular weight is 369 g/mol. The SMILES string of the molecule is COC(=O)C1CN(c2ccccc2)C(COCc2ccccc2)C(C)(C)O1. The van der Waals surface area contributed by atoms with E-state index in [-0.39, 0.29) is 12.0 Å². The highest BCUT2D eigenvalue weighted by molar-refractivity contribution is 5.76. The zero-order valence-corrected chi connectivity index (χ0v) is 16.1. The van der Waals surface area contributed by atoms with E-state index in [4.69, 9.17) is 14.2 Å². The lowest BCUT2D eigenvalue weighted by Crippen LogP contribution is -2.63. The third-order valence-electron chi connectivity index (χ3n) is 4.93. The molecule has 0 spiro atoms. The fourth-order valence-corrected chi connectivity index (χ4v) is 3.48. The second-order valence-electron chi connectivity index (χ2n) is 7.24. The number of ether oxygens (including phenoxy) is 3. The lowest BCUT2D eigenvalue weighted by Gasteiger charge is -2.49. The minimum absolute atomic E-state index is 0.0375. The molecule has 0 bridgehead atoms. The van der Waals surface area contributed by atoms with Crippen LogP contribution in [0.5, 0.6) is 0 Å². The van der Waals surface area contributed by atoms with Crippen molar-refractivity contribution in [1.29, 1.82) is 0 Å². The Kier molecular flexibility index (Phi) is 6.14. The first-order valence-electron chi connectivity index (χ1n) is 9.20. The quantitative estimate of drug-likeness (QED) is 0.730. The first-order valence-corrected chi connectivity index (χ1v) is 9.20. The molecule has 5 heteroatoms. The van der Waals surface area contributed by atoms with Gasteiger partial charge in [-0.3, -0.25) is 0 Å². The second kappa shape index (κ2) is 8.55. The van der Waals surface area contributed by atoms with Gasteiger partial charge in [-0.05, 0) is 31.5 Å². The number of hydrogen-bond acceptors (Lipinski definition) is 5. The molecule has 27 heavy (non-hydrogen) atoms. The standard InChI is InChI=1S/C22H27NO4/c1-22(2)20(16-26-15-17-10-6-4-7-11-17)23(18-12-8-5-9-13-18)14-19(27-22)21(24)25-3/h4-13,19-20H,14-16H2,1-3H3. The van der Waals surface area contributed by atoms with Gasteiger partial charge in [0.15, 0.2) is 6.10 Å². The van der Waals surface area contributed by atoms with Crippen molar-refractivity contribution in [2.45, 2.75) is 38.2 Å². The Morgan fingerprint density at radius 3 is 2.37 bits per heavy atom. The van der Waals surface area contributed by atoms with Crippen LogP contribution in [0, 0.1) is 0 Å². The Bertz CT molecular complexity index is 732. The Balaban J connectivity index is 1.78. The van der Waals surface area contributed by atoms with Crippen molar-refractivity contribution in [1.82, 2.24) is 0 Å². The van der Waals surface area contributed by atoms with Crippen LogP contribution in [0.1, 0.15) is 19.4 Å². The number of esters is 1. The largest absolute Gasteiger partial charge is 0.467 e. The molecule has 2 atom stereocenters. The highest BCUT2D eigenvalue weighted by Crippen LogP contribution is 2.32. The molecule has 3 rings (SSSR count). The molecule has 0 amide bonds. The van der Waals surface area contributed by atoms with Gasteiger partial charge < -0.3 is 19.1 Å². The van der Waals surface area contributed by atoms with Crippen molar-refractivity contribution in [3.05, 3.63) is 66.2 Å².